The van der Waals surface area contributed by atoms with Gasteiger partial charge in [0.1, 0.15) is 6.29 Å². The van der Waals surface area contributed by atoms with E-state index in [1.165, 1.54) is 11.1 Å². The molecule has 22 heavy (non-hydrogen) atoms. The normalized spacial score (nSPS) is 14.0. The second-order valence-electron chi connectivity index (χ2n) is 5.45. The van der Waals surface area contributed by atoms with Crippen molar-refractivity contribution >= 4 is 12.3 Å². The monoisotopic (exact) mass is 295 g/mol. The van der Waals surface area contributed by atoms with Crippen LogP contribution in [0.2, 0.25) is 0 Å². The molecule has 1 atom stereocenters. The van der Waals surface area contributed by atoms with E-state index in [0.29, 0.717) is 6.29 Å². The van der Waals surface area contributed by atoms with Gasteiger partial charge in [0.15, 0.2) is 0 Å². The van der Waals surface area contributed by atoms with Crippen molar-refractivity contribution in [2.45, 2.75) is 25.3 Å². The van der Waals surface area contributed by atoms with Gasteiger partial charge in [0.2, 0.25) is 0 Å². The Bertz CT molecular complexity index is 665. The van der Waals surface area contributed by atoms with E-state index in [1.54, 1.807) is 6.92 Å². The summed E-state index contributed by atoms with van der Waals surface area (Å²) < 4.78 is 0. The van der Waals surface area contributed by atoms with Crippen molar-refractivity contribution in [3.63, 3.8) is 0 Å². The van der Waals surface area contributed by atoms with Crippen LogP contribution in [0.3, 0.4) is 0 Å². The average Bonchev–Trinajstić information content (AvgIpc) is 2.87. The number of carbonyl (C=O) groups is 2. The summed E-state index contributed by atoms with van der Waals surface area (Å²) in [5, 5.41) is 0. The van der Waals surface area contributed by atoms with E-state index in [-0.39, 0.29) is 18.3 Å². The highest BCUT2D eigenvalue weighted by molar-refractivity contribution is 5.82. The van der Waals surface area contributed by atoms with E-state index in [9.17, 15) is 9.59 Å². The molecule has 1 N–H and O–H groups in total. The molecule has 0 spiro atoms. The van der Waals surface area contributed by atoms with Crippen molar-refractivity contribution in [1.29, 1.82) is 0 Å². The van der Waals surface area contributed by atoms with E-state index in [4.69, 9.17) is 4.84 Å². The third kappa shape index (κ3) is 2.65. The van der Waals surface area contributed by atoms with E-state index in [2.05, 4.69) is 29.7 Å². The summed E-state index contributed by atoms with van der Waals surface area (Å²) in [6, 6.07) is 15.7. The van der Waals surface area contributed by atoms with Crippen LogP contribution in [-0.2, 0) is 14.4 Å². The molecule has 0 fully saturated rings. The van der Waals surface area contributed by atoms with Gasteiger partial charge in [-0.2, -0.15) is 0 Å². The molecule has 2 aromatic carbocycles. The Kier molecular flexibility index (Phi) is 4.02. The predicted molar refractivity (Wildman–Crippen MR) is 83.1 cm³/mol. The lowest BCUT2D eigenvalue weighted by Crippen LogP contribution is -2.30. The maximum atomic E-state index is 12.0. The molecule has 1 aliphatic carbocycles. The highest BCUT2D eigenvalue weighted by atomic mass is 16.7. The molecule has 1 aliphatic rings. The Morgan fingerprint density at radius 3 is 2.23 bits per heavy atom. The number of carbonyl (C=O) groups excluding carboxylic acids is 2. The molecule has 0 aliphatic heterocycles. The zero-order chi connectivity index (χ0) is 15.5. The predicted octanol–water partition coefficient (Wildman–Crippen LogP) is 2.82. The SMILES string of the molecule is C[C@@H](C=O)NOC(=O)CC1c2ccccc2-c2ccccc21. The van der Waals surface area contributed by atoms with E-state index in [0.717, 1.165) is 11.1 Å². The highest BCUT2D eigenvalue weighted by Gasteiger charge is 2.30. The average molecular weight is 295 g/mol. The first kappa shape index (κ1) is 14.5. The third-order valence-corrected chi connectivity index (χ3v) is 3.90. The number of hydrogen-bond donors (Lipinski definition) is 1. The van der Waals surface area contributed by atoms with E-state index >= 15 is 0 Å². The second-order valence-corrected chi connectivity index (χ2v) is 5.45. The molecule has 4 heteroatoms. The first-order valence-corrected chi connectivity index (χ1v) is 7.29. The number of nitrogens with one attached hydrogen (secondary N) is 1. The van der Waals surface area contributed by atoms with Gasteiger partial charge >= 0.3 is 5.97 Å². The lowest BCUT2D eigenvalue weighted by atomic mass is 9.94. The Morgan fingerprint density at radius 1 is 1.14 bits per heavy atom. The number of hydrogen-bond acceptors (Lipinski definition) is 4. The lowest BCUT2D eigenvalue weighted by molar-refractivity contribution is -0.153. The second kappa shape index (κ2) is 6.12. The van der Waals surface area contributed by atoms with Gasteiger partial charge in [0.25, 0.3) is 0 Å². The van der Waals surface area contributed by atoms with Crippen LogP contribution >= 0.6 is 0 Å². The number of hydroxylamine groups is 1. The smallest absolute Gasteiger partial charge is 0.325 e. The standard InChI is InChI=1S/C18H17NO3/c1-12(11-20)19-22-18(21)10-17-15-8-4-2-6-13(15)14-7-3-5-9-16(14)17/h2-9,11-12,17,19H,10H2,1H3/t12-/m0/s1. The minimum absolute atomic E-state index is 0.00626. The van der Waals surface area contributed by atoms with Gasteiger partial charge in [-0.1, -0.05) is 48.5 Å². The van der Waals surface area contributed by atoms with Gasteiger partial charge in [0.05, 0.1) is 12.5 Å². The number of fused-ring (bicyclic) bond motifs is 3. The summed E-state index contributed by atoms with van der Waals surface area (Å²) in [6.45, 7) is 1.63. The molecule has 0 heterocycles. The number of benzene rings is 2. The molecule has 0 aromatic heterocycles. The van der Waals surface area contributed by atoms with Crippen LogP contribution < -0.4 is 5.48 Å². The van der Waals surface area contributed by atoms with Gasteiger partial charge in [0, 0.05) is 5.92 Å². The fourth-order valence-electron chi connectivity index (χ4n) is 2.87. The van der Waals surface area contributed by atoms with Crippen molar-refractivity contribution in [2.75, 3.05) is 0 Å². The van der Waals surface area contributed by atoms with Crippen LogP contribution in [0.4, 0.5) is 0 Å². The summed E-state index contributed by atoms with van der Waals surface area (Å²) >= 11 is 0. The first-order chi connectivity index (χ1) is 10.7. The van der Waals surface area contributed by atoms with Crippen LogP contribution in [0.5, 0.6) is 0 Å². The van der Waals surface area contributed by atoms with Gasteiger partial charge in [-0.3, -0.25) is 4.79 Å². The molecular weight excluding hydrogens is 278 g/mol. The minimum Gasteiger partial charge on any atom is -0.370 e. The highest BCUT2D eigenvalue weighted by Crippen LogP contribution is 2.46. The number of rotatable bonds is 5. The van der Waals surface area contributed by atoms with Gasteiger partial charge in [-0.25, -0.2) is 0 Å². The van der Waals surface area contributed by atoms with Gasteiger partial charge in [-0.05, 0) is 29.2 Å². The van der Waals surface area contributed by atoms with Crippen molar-refractivity contribution in [1.82, 2.24) is 5.48 Å². The Hall–Kier alpha value is -2.46. The summed E-state index contributed by atoms with van der Waals surface area (Å²) in [7, 11) is 0. The van der Waals surface area contributed by atoms with Crippen LogP contribution in [0.15, 0.2) is 48.5 Å². The summed E-state index contributed by atoms with van der Waals surface area (Å²) in [4.78, 5) is 27.5. The van der Waals surface area contributed by atoms with E-state index < -0.39 is 6.04 Å². The summed E-state index contributed by atoms with van der Waals surface area (Å²) in [5.41, 5.74) is 7.06. The fourth-order valence-corrected chi connectivity index (χ4v) is 2.87. The molecule has 2 aromatic rings. The zero-order valence-electron chi connectivity index (χ0n) is 12.3. The molecular formula is C18H17NO3. The molecule has 3 rings (SSSR count). The zero-order valence-corrected chi connectivity index (χ0v) is 12.3. The first-order valence-electron chi connectivity index (χ1n) is 7.29. The molecule has 4 nitrogen and oxygen atoms in total. The Balaban J connectivity index is 1.82. The lowest BCUT2D eigenvalue weighted by Gasteiger charge is -2.13. The Labute approximate surface area is 129 Å². The maximum absolute atomic E-state index is 12.0. The van der Waals surface area contributed by atoms with Crippen molar-refractivity contribution in [2.24, 2.45) is 0 Å². The largest absolute Gasteiger partial charge is 0.370 e. The van der Waals surface area contributed by atoms with Crippen molar-refractivity contribution in [3.8, 4) is 11.1 Å². The molecule has 112 valence electrons. The molecule has 0 amide bonds. The summed E-state index contributed by atoms with van der Waals surface area (Å²) in [6.07, 6.45) is 0.931. The Morgan fingerprint density at radius 2 is 1.68 bits per heavy atom. The molecule has 0 saturated carbocycles. The molecule has 0 bridgehead atoms. The van der Waals surface area contributed by atoms with Gasteiger partial charge in [-0.15, -0.1) is 5.48 Å². The third-order valence-electron chi connectivity index (χ3n) is 3.90. The fraction of sp³-hybridized carbons (Fsp3) is 0.222. The molecule has 0 unspecified atom stereocenters. The topological polar surface area (TPSA) is 55.4 Å². The van der Waals surface area contributed by atoms with Crippen molar-refractivity contribution in [3.05, 3.63) is 59.7 Å². The van der Waals surface area contributed by atoms with Crippen LogP contribution in [-0.4, -0.2) is 18.3 Å². The summed E-state index contributed by atoms with van der Waals surface area (Å²) in [5.74, 6) is -0.376. The minimum atomic E-state index is -0.507. The van der Waals surface area contributed by atoms with Crippen LogP contribution in [0.1, 0.15) is 30.4 Å². The van der Waals surface area contributed by atoms with Crippen molar-refractivity contribution < 1.29 is 14.4 Å². The van der Waals surface area contributed by atoms with Crippen LogP contribution in [0, 0.1) is 0 Å². The molecule has 0 saturated heterocycles. The van der Waals surface area contributed by atoms with E-state index in [1.807, 2.05) is 24.3 Å². The quantitative estimate of drug-likeness (QED) is 0.681. The number of aldehydes is 1. The van der Waals surface area contributed by atoms with Gasteiger partial charge < -0.3 is 9.63 Å². The maximum Gasteiger partial charge on any atom is 0.325 e. The molecule has 0 radical (unpaired) electrons. The van der Waals surface area contributed by atoms with Crippen LogP contribution in [0.25, 0.3) is 11.1 Å².